The lowest BCUT2D eigenvalue weighted by Gasteiger charge is -2.12. The van der Waals surface area contributed by atoms with Crippen molar-refractivity contribution in [2.45, 2.75) is 6.92 Å². The minimum Gasteiger partial charge on any atom is -0.492 e. The standard InChI is InChI=1S/C20H22FNO3/c1-14(12-20(23)24)16-6-9-19(21)18(13-16)15-4-7-17(8-5-15)25-11-10-22(2)3/h4-9,12-13H,10-11H2,1-3H3,(H,23,24)/b14-12+. The van der Waals surface area contributed by atoms with Gasteiger partial charge >= 0.3 is 5.97 Å². The van der Waals surface area contributed by atoms with Gasteiger partial charge in [0.25, 0.3) is 0 Å². The van der Waals surface area contributed by atoms with Crippen molar-refractivity contribution < 1.29 is 19.0 Å². The van der Waals surface area contributed by atoms with Crippen LogP contribution in [0.5, 0.6) is 5.75 Å². The van der Waals surface area contributed by atoms with Gasteiger partial charge in [-0.3, -0.25) is 0 Å². The van der Waals surface area contributed by atoms with Gasteiger partial charge in [0.2, 0.25) is 0 Å². The molecule has 0 unspecified atom stereocenters. The van der Waals surface area contributed by atoms with Crippen LogP contribution in [-0.4, -0.2) is 43.2 Å². The van der Waals surface area contributed by atoms with Crippen LogP contribution in [0.15, 0.2) is 48.5 Å². The molecule has 0 bridgehead atoms. The molecule has 5 heteroatoms. The number of ether oxygens (including phenoxy) is 1. The average molecular weight is 343 g/mol. The number of aliphatic carboxylic acids is 1. The highest BCUT2D eigenvalue weighted by Crippen LogP contribution is 2.28. The molecular weight excluding hydrogens is 321 g/mol. The van der Waals surface area contributed by atoms with E-state index in [0.717, 1.165) is 18.4 Å². The van der Waals surface area contributed by atoms with Gasteiger partial charge in [0.15, 0.2) is 0 Å². The summed E-state index contributed by atoms with van der Waals surface area (Å²) in [7, 11) is 3.95. The van der Waals surface area contributed by atoms with Crippen LogP contribution in [0.3, 0.4) is 0 Å². The molecule has 25 heavy (non-hydrogen) atoms. The number of carboxylic acid groups (broad SMARTS) is 1. The van der Waals surface area contributed by atoms with Gasteiger partial charge in [0, 0.05) is 18.2 Å². The normalized spacial score (nSPS) is 11.6. The fourth-order valence-corrected chi connectivity index (χ4v) is 2.34. The third-order valence-corrected chi connectivity index (χ3v) is 3.73. The number of benzene rings is 2. The monoisotopic (exact) mass is 343 g/mol. The zero-order valence-corrected chi connectivity index (χ0v) is 14.6. The fourth-order valence-electron chi connectivity index (χ4n) is 2.34. The molecule has 0 aliphatic heterocycles. The molecule has 2 aromatic carbocycles. The van der Waals surface area contributed by atoms with Crippen molar-refractivity contribution in [2.75, 3.05) is 27.2 Å². The summed E-state index contributed by atoms with van der Waals surface area (Å²) in [4.78, 5) is 12.8. The fraction of sp³-hybridized carbons (Fsp3) is 0.250. The molecular formula is C20H22FNO3. The molecule has 2 aromatic rings. The van der Waals surface area contributed by atoms with Crippen LogP contribution in [0.4, 0.5) is 4.39 Å². The van der Waals surface area contributed by atoms with Crippen LogP contribution in [0.1, 0.15) is 12.5 Å². The Kier molecular flexibility index (Phi) is 6.31. The third kappa shape index (κ3) is 5.43. The van der Waals surface area contributed by atoms with Crippen molar-refractivity contribution in [2.24, 2.45) is 0 Å². The van der Waals surface area contributed by atoms with Crippen LogP contribution in [0.25, 0.3) is 16.7 Å². The van der Waals surface area contributed by atoms with Crippen LogP contribution in [0, 0.1) is 5.82 Å². The summed E-state index contributed by atoms with van der Waals surface area (Å²) in [6, 6.07) is 11.8. The minimum absolute atomic E-state index is 0.354. The molecule has 0 fully saturated rings. The average Bonchev–Trinajstić information content (AvgIpc) is 2.55. The molecule has 0 heterocycles. The number of rotatable bonds is 7. The Morgan fingerprint density at radius 3 is 2.48 bits per heavy atom. The molecule has 0 aliphatic carbocycles. The van der Waals surface area contributed by atoms with Crippen LogP contribution in [-0.2, 0) is 4.79 Å². The molecule has 0 amide bonds. The number of halogens is 1. The molecule has 0 saturated heterocycles. The second-order valence-corrected chi connectivity index (χ2v) is 6.04. The summed E-state index contributed by atoms with van der Waals surface area (Å²) in [5.74, 6) is -0.653. The van der Waals surface area contributed by atoms with Gasteiger partial charge in [-0.2, -0.15) is 0 Å². The Morgan fingerprint density at radius 2 is 1.88 bits per heavy atom. The number of carbonyl (C=O) groups is 1. The largest absolute Gasteiger partial charge is 0.492 e. The predicted molar refractivity (Wildman–Crippen MR) is 97.2 cm³/mol. The number of carboxylic acids is 1. The van der Waals surface area contributed by atoms with E-state index in [2.05, 4.69) is 0 Å². The number of allylic oxidation sites excluding steroid dienone is 1. The van der Waals surface area contributed by atoms with E-state index >= 15 is 0 Å². The lowest BCUT2D eigenvalue weighted by molar-refractivity contribution is -0.131. The SMILES string of the molecule is C/C(=C\C(=O)O)c1ccc(F)c(-c2ccc(OCCN(C)C)cc2)c1. The number of nitrogens with zero attached hydrogens (tertiary/aromatic N) is 1. The molecule has 0 radical (unpaired) electrons. The van der Waals surface area contributed by atoms with E-state index in [0.29, 0.717) is 28.9 Å². The predicted octanol–water partition coefficient (Wildman–Crippen LogP) is 3.92. The van der Waals surface area contributed by atoms with Gasteiger partial charge < -0.3 is 14.7 Å². The van der Waals surface area contributed by atoms with Crippen molar-refractivity contribution in [1.82, 2.24) is 4.90 Å². The van der Waals surface area contributed by atoms with Gasteiger partial charge in [-0.05, 0) is 62.0 Å². The van der Waals surface area contributed by atoms with Crippen molar-refractivity contribution in [1.29, 1.82) is 0 Å². The van der Waals surface area contributed by atoms with Crippen molar-refractivity contribution >= 4 is 11.5 Å². The van der Waals surface area contributed by atoms with Crippen LogP contribution in [0.2, 0.25) is 0 Å². The molecule has 0 saturated carbocycles. The summed E-state index contributed by atoms with van der Waals surface area (Å²) in [6.45, 7) is 3.08. The molecule has 1 N–H and O–H groups in total. The van der Waals surface area contributed by atoms with E-state index in [9.17, 15) is 9.18 Å². The Morgan fingerprint density at radius 1 is 1.20 bits per heavy atom. The van der Waals surface area contributed by atoms with Gasteiger partial charge in [0.05, 0.1) is 0 Å². The van der Waals surface area contributed by atoms with Crippen molar-refractivity contribution in [3.8, 4) is 16.9 Å². The Labute approximate surface area is 147 Å². The molecule has 0 aliphatic rings. The highest BCUT2D eigenvalue weighted by Gasteiger charge is 2.08. The lowest BCUT2D eigenvalue weighted by atomic mass is 9.99. The zero-order chi connectivity index (χ0) is 18.4. The van der Waals surface area contributed by atoms with Crippen molar-refractivity contribution in [3.05, 3.63) is 59.9 Å². The quantitative estimate of drug-likeness (QED) is 0.774. The third-order valence-electron chi connectivity index (χ3n) is 3.73. The highest BCUT2D eigenvalue weighted by molar-refractivity contribution is 5.90. The van der Waals surface area contributed by atoms with Gasteiger partial charge in [-0.25, -0.2) is 9.18 Å². The lowest BCUT2D eigenvalue weighted by Crippen LogP contribution is -2.19. The molecule has 0 atom stereocenters. The Bertz CT molecular complexity index is 767. The van der Waals surface area contributed by atoms with Gasteiger partial charge in [-0.1, -0.05) is 18.2 Å². The van der Waals surface area contributed by atoms with E-state index < -0.39 is 5.97 Å². The van der Waals surface area contributed by atoms with E-state index in [1.54, 1.807) is 43.3 Å². The van der Waals surface area contributed by atoms with E-state index in [1.807, 2.05) is 19.0 Å². The van der Waals surface area contributed by atoms with Crippen molar-refractivity contribution in [3.63, 3.8) is 0 Å². The number of likely N-dealkylation sites (N-methyl/N-ethyl adjacent to an activating group) is 1. The van der Waals surface area contributed by atoms with Gasteiger partial charge in [-0.15, -0.1) is 0 Å². The van der Waals surface area contributed by atoms with Crippen LogP contribution >= 0.6 is 0 Å². The summed E-state index contributed by atoms with van der Waals surface area (Å²) in [5, 5.41) is 8.85. The van der Waals surface area contributed by atoms with E-state index in [4.69, 9.17) is 9.84 Å². The number of hydrogen-bond acceptors (Lipinski definition) is 3. The summed E-state index contributed by atoms with van der Waals surface area (Å²) >= 11 is 0. The second-order valence-electron chi connectivity index (χ2n) is 6.04. The molecule has 2 rings (SSSR count). The molecule has 0 aromatic heterocycles. The topological polar surface area (TPSA) is 49.8 Å². The Hall–Kier alpha value is -2.66. The smallest absolute Gasteiger partial charge is 0.328 e. The maximum absolute atomic E-state index is 14.2. The van der Waals surface area contributed by atoms with E-state index in [1.165, 1.54) is 6.07 Å². The zero-order valence-electron chi connectivity index (χ0n) is 14.6. The molecule has 0 spiro atoms. The molecule has 132 valence electrons. The first-order chi connectivity index (χ1) is 11.9. The maximum Gasteiger partial charge on any atom is 0.328 e. The second kappa shape index (κ2) is 8.44. The summed E-state index contributed by atoms with van der Waals surface area (Å²) < 4.78 is 19.8. The summed E-state index contributed by atoms with van der Waals surface area (Å²) in [6.07, 6.45) is 1.11. The molecule has 4 nitrogen and oxygen atoms in total. The number of hydrogen-bond donors (Lipinski definition) is 1. The first-order valence-corrected chi connectivity index (χ1v) is 7.96. The van der Waals surface area contributed by atoms with Gasteiger partial charge in [0.1, 0.15) is 18.2 Å². The maximum atomic E-state index is 14.2. The first-order valence-electron chi connectivity index (χ1n) is 7.96. The minimum atomic E-state index is -1.03. The van der Waals surface area contributed by atoms with Crippen LogP contribution < -0.4 is 4.74 Å². The highest BCUT2D eigenvalue weighted by atomic mass is 19.1. The summed E-state index contributed by atoms with van der Waals surface area (Å²) in [5.41, 5.74) is 2.38. The Balaban J connectivity index is 2.21. The first kappa shape index (κ1) is 18.7. The van der Waals surface area contributed by atoms with E-state index in [-0.39, 0.29) is 5.82 Å².